The van der Waals surface area contributed by atoms with Gasteiger partial charge in [-0.2, -0.15) is 5.10 Å². The molecular formula is C16H20N2. The van der Waals surface area contributed by atoms with E-state index in [4.69, 9.17) is 0 Å². The van der Waals surface area contributed by atoms with E-state index in [1.807, 2.05) is 17.9 Å². The molecule has 0 aliphatic heterocycles. The molecule has 2 heteroatoms. The Morgan fingerprint density at radius 1 is 0.944 bits per heavy atom. The predicted molar refractivity (Wildman–Crippen MR) is 74.7 cm³/mol. The van der Waals surface area contributed by atoms with Gasteiger partial charge in [-0.25, -0.2) is 0 Å². The van der Waals surface area contributed by atoms with Gasteiger partial charge in [0, 0.05) is 18.8 Å². The smallest absolute Gasteiger partial charge is 0.0923 e. The number of aromatic nitrogens is 2. The molecule has 0 saturated heterocycles. The van der Waals surface area contributed by atoms with Crippen LogP contribution in [0.4, 0.5) is 0 Å². The second kappa shape index (κ2) is 3.25. The molecule has 0 radical (unpaired) electrons. The molecule has 0 spiro atoms. The number of rotatable bonds is 1. The average molecular weight is 240 g/mol. The summed E-state index contributed by atoms with van der Waals surface area (Å²) in [6, 6.07) is 8.84. The molecule has 2 aromatic rings. The van der Waals surface area contributed by atoms with Crippen LogP contribution < -0.4 is 0 Å². The van der Waals surface area contributed by atoms with Gasteiger partial charge in [-0.05, 0) is 34.1 Å². The predicted octanol–water partition coefficient (Wildman–Crippen LogP) is 3.66. The quantitative estimate of drug-likeness (QED) is 0.744. The molecule has 1 heterocycles. The number of fused-ring (bicyclic) bond motifs is 1. The van der Waals surface area contributed by atoms with Crippen LogP contribution in [0, 0.1) is 0 Å². The Morgan fingerprint density at radius 3 is 2.22 bits per heavy atom. The lowest BCUT2D eigenvalue weighted by Crippen LogP contribution is -2.50. The van der Waals surface area contributed by atoms with E-state index in [-0.39, 0.29) is 10.8 Å². The molecule has 1 aromatic carbocycles. The lowest BCUT2D eigenvalue weighted by molar-refractivity contribution is 0.242. The molecule has 2 nitrogen and oxygen atoms in total. The van der Waals surface area contributed by atoms with Crippen LogP contribution >= 0.6 is 0 Å². The Morgan fingerprint density at radius 2 is 1.61 bits per heavy atom. The first-order chi connectivity index (χ1) is 8.34. The van der Waals surface area contributed by atoms with Gasteiger partial charge in [0.1, 0.15) is 0 Å². The normalized spacial score (nSPS) is 19.2. The molecule has 1 aromatic heterocycles. The maximum atomic E-state index is 4.48. The summed E-state index contributed by atoms with van der Waals surface area (Å²) in [4.78, 5) is 0. The number of hydrogen-bond acceptors (Lipinski definition) is 1. The largest absolute Gasteiger partial charge is 0.275 e. The molecule has 0 unspecified atom stereocenters. The van der Waals surface area contributed by atoms with Gasteiger partial charge in [0.2, 0.25) is 0 Å². The molecule has 0 N–H and O–H groups in total. The number of aryl methyl sites for hydroxylation is 1. The van der Waals surface area contributed by atoms with Crippen LogP contribution in [-0.2, 0) is 17.9 Å². The van der Waals surface area contributed by atoms with Gasteiger partial charge >= 0.3 is 0 Å². The van der Waals surface area contributed by atoms with E-state index in [2.05, 4.69) is 57.1 Å². The van der Waals surface area contributed by atoms with Gasteiger partial charge in [0.15, 0.2) is 0 Å². The SMILES string of the molecule is Cn1ccc(-c2ccc3c(c2)C(C)(C)C3(C)C)n1. The Bertz CT molecular complexity index is 618. The lowest BCUT2D eigenvalue weighted by atomic mass is 9.49. The van der Waals surface area contributed by atoms with Crippen LogP contribution in [0.15, 0.2) is 30.5 Å². The van der Waals surface area contributed by atoms with Crippen molar-refractivity contribution in [2.45, 2.75) is 38.5 Å². The zero-order chi connectivity index (χ0) is 13.1. The van der Waals surface area contributed by atoms with Crippen LogP contribution in [0.25, 0.3) is 11.3 Å². The maximum Gasteiger partial charge on any atom is 0.0923 e. The van der Waals surface area contributed by atoms with Crippen molar-refractivity contribution in [2.75, 3.05) is 0 Å². The summed E-state index contributed by atoms with van der Waals surface area (Å²) >= 11 is 0. The van der Waals surface area contributed by atoms with E-state index in [1.165, 1.54) is 16.7 Å². The zero-order valence-electron chi connectivity index (χ0n) is 11.8. The topological polar surface area (TPSA) is 17.8 Å². The van der Waals surface area contributed by atoms with Gasteiger partial charge in [0.05, 0.1) is 5.69 Å². The van der Waals surface area contributed by atoms with Crippen molar-refractivity contribution >= 4 is 0 Å². The highest BCUT2D eigenvalue weighted by Gasteiger charge is 2.50. The summed E-state index contributed by atoms with van der Waals surface area (Å²) < 4.78 is 1.85. The number of benzene rings is 1. The average Bonchev–Trinajstić information content (AvgIpc) is 2.75. The van der Waals surface area contributed by atoms with Crippen molar-refractivity contribution in [1.29, 1.82) is 0 Å². The second-order valence-corrected chi connectivity index (χ2v) is 6.39. The fourth-order valence-corrected chi connectivity index (χ4v) is 2.95. The minimum Gasteiger partial charge on any atom is -0.275 e. The van der Waals surface area contributed by atoms with Crippen molar-refractivity contribution in [3.05, 3.63) is 41.6 Å². The van der Waals surface area contributed by atoms with Crippen LogP contribution in [0.5, 0.6) is 0 Å². The lowest BCUT2D eigenvalue weighted by Gasteiger charge is -2.54. The summed E-state index contributed by atoms with van der Waals surface area (Å²) in [7, 11) is 1.96. The van der Waals surface area contributed by atoms with E-state index in [0.717, 1.165) is 5.69 Å². The molecule has 0 bridgehead atoms. The molecular weight excluding hydrogens is 220 g/mol. The molecule has 1 aliphatic carbocycles. The number of hydrogen-bond donors (Lipinski definition) is 0. The van der Waals surface area contributed by atoms with E-state index >= 15 is 0 Å². The van der Waals surface area contributed by atoms with Crippen molar-refractivity contribution in [1.82, 2.24) is 9.78 Å². The Labute approximate surface area is 109 Å². The van der Waals surface area contributed by atoms with Crippen molar-refractivity contribution < 1.29 is 0 Å². The van der Waals surface area contributed by atoms with Gasteiger partial charge in [0.25, 0.3) is 0 Å². The molecule has 3 rings (SSSR count). The van der Waals surface area contributed by atoms with E-state index < -0.39 is 0 Å². The Hall–Kier alpha value is -1.57. The second-order valence-electron chi connectivity index (χ2n) is 6.39. The van der Waals surface area contributed by atoms with Crippen LogP contribution in [0.2, 0.25) is 0 Å². The van der Waals surface area contributed by atoms with Gasteiger partial charge < -0.3 is 0 Å². The van der Waals surface area contributed by atoms with Gasteiger partial charge in [-0.3, -0.25) is 4.68 Å². The summed E-state index contributed by atoms with van der Waals surface area (Å²) in [5.41, 5.74) is 5.74. The molecule has 94 valence electrons. The fourth-order valence-electron chi connectivity index (χ4n) is 2.95. The maximum absolute atomic E-state index is 4.48. The molecule has 0 atom stereocenters. The van der Waals surface area contributed by atoms with Gasteiger partial charge in [-0.1, -0.05) is 39.8 Å². The highest BCUT2D eigenvalue weighted by atomic mass is 15.2. The first kappa shape index (κ1) is 11.5. The summed E-state index contributed by atoms with van der Waals surface area (Å²) in [6.07, 6.45) is 1.99. The molecule has 0 saturated carbocycles. The standard InChI is InChI=1S/C16H20N2/c1-15(2)12-7-6-11(10-13(12)16(15,3)4)14-8-9-18(5)17-14/h6-10H,1-5H3. The monoisotopic (exact) mass is 240 g/mol. The molecule has 18 heavy (non-hydrogen) atoms. The fraction of sp³-hybridized carbons (Fsp3) is 0.438. The third-order valence-electron chi connectivity index (χ3n) is 4.94. The van der Waals surface area contributed by atoms with E-state index in [1.54, 1.807) is 0 Å². The van der Waals surface area contributed by atoms with Crippen LogP contribution in [0.1, 0.15) is 38.8 Å². The highest BCUT2D eigenvalue weighted by molar-refractivity contribution is 5.66. The van der Waals surface area contributed by atoms with Gasteiger partial charge in [-0.15, -0.1) is 0 Å². The van der Waals surface area contributed by atoms with E-state index in [0.29, 0.717) is 0 Å². The molecule has 0 amide bonds. The highest BCUT2D eigenvalue weighted by Crippen LogP contribution is 2.56. The zero-order valence-corrected chi connectivity index (χ0v) is 11.8. The summed E-state index contributed by atoms with van der Waals surface area (Å²) in [5, 5.41) is 4.48. The number of nitrogens with zero attached hydrogens (tertiary/aromatic N) is 2. The van der Waals surface area contributed by atoms with Crippen molar-refractivity contribution in [2.24, 2.45) is 7.05 Å². The van der Waals surface area contributed by atoms with Crippen molar-refractivity contribution in [3.63, 3.8) is 0 Å². The van der Waals surface area contributed by atoms with Crippen LogP contribution in [-0.4, -0.2) is 9.78 Å². The van der Waals surface area contributed by atoms with Crippen LogP contribution in [0.3, 0.4) is 0 Å². The summed E-state index contributed by atoms with van der Waals surface area (Å²) in [5.74, 6) is 0. The first-order valence-electron chi connectivity index (χ1n) is 6.49. The minimum absolute atomic E-state index is 0.243. The first-order valence-corrected chi connectivity index (χ1v) is 6.49. The molecule has 1 aliphatic rings. The minimum atomic E-state index is 0.243. The van der Waals surface area contributed by atoms with Crippen molar-refractivity contribution in [3.8, 4) is 11.3 Å². The third-order valence-corrected chi connectivity index (χ3v) is 4.94. The van der Waals surface area contributed by atoms with E-state index in [9.17, 15) is 0 Å². The Balaban J connectivity index is 2.12. The third kappa shape index (κ3) is 1.26. The summed E-state index contributed by atoms with van der Waals surface area (Å²) in [6.45, 7) is 9.32. The Kier molecular flexibility index (Phi) is 2.08. The molecule has 0 fully saturated rings.